The summed E-state index contributed by atoms with van der Waals surface area (Å²) in [6, 6.07) is 5.23. The summed E-state index contributed by atoms with van der Waals surface area (Å²) in [7, 11) is 0. The SMILES string of the molecule is CCNC(=NCc1cccc(C(F)(F)F)c1)NCCCOC(C)C.I. The Morgan fingerprint density at radius 2 is 1.96 bits per heavy atom. The number of alkyl halides is 3. The van der Waals surface area contributed by atoms with Crippen LogP contribution in [0.25, 0.3) is 0 Å². The number of aliphatic imine (C=N–C) groups is 1. The first-order chi connectivity index (χ1) is 11.3. The van der Waals surface area contributed by atoms with Gasteiger partial charge in [-0.2, -0.15) is 13.2 Å². The maximum absolute atomic E-state index is 12.7. The van der Waals surface area contributed by atoms with Gasteiger partial charge in [0.15, 0.2) is 5.96 Å². The lowest BCUT2D eigenvalue weighted by Gasteiger charge is -2.12. The van der Waals surface area contributed by atoms with Gasteiger partial charge in [0, 0.05) is 19.7 Å². The highest BCUT2D eigenvalue weighted by molar-refractivity contribution is 14.0. The fourth-order valence-corrected chi connectivity index (χ4v) is 1.96. The molecule has 0 aliphatic heterocycles. The molecule has 0 atom stereocenters. The fourth-order valence-electron chi connectivity index (χ4n) is 1.96. The third kappa shape index (κ3) is 10.5. The molecule has 0 fully saturated rings. The van der Waals surface area contributed by atoms with Crippen LogP contribution in [-0.4, -0.2) is 31.8 Å². The summed E-state index contributed by atoms with van der Waals surface area (Å²) >= 11 is 0. The van der Waals surface area contributed by atoms with Crippen LogP contribution in [0.15, 0.2) is 29.3 Å². The van der Waals surface area contributed by atoms with E-state index in [2.05, 4.69) is 15.6 Å². The second-order valence-corrected chi connectivity index (χ2v) is 5.59. The quantitative estimate of drug-likeness (QED) is 0.258. The standard InChI is InChI=1S/C17H26F3N3O.HI/c1-4-21-16(22-9-6-10-24-13(2)3)23-12-14-7-5-8-15(11-14)17(18,19)20;/h5,7-8,11,13H,4,6,9-10,12H2,1-3H3,(H2,21,22,23);1H. The molecule has 25 heavy (non-hydrogen) atoms. The third-order valence-corrected chi connectivity index (χ3v) is 3.08. The highest BCUT2D eigenvalue weighted by Gasteiger charge is 2.30. The molecule has 0 bridgehead atoms. The van der Waals surface area contributed by atoms with Crippen LogP contribution in [0.5, 0.6) is 0 Å². The number of nitrogens with one attached hydrogen (secondary N) is 2. The molecule has 0 saturated carbocycles. The van der Waals surface area contributed by atoms with Crippen molar-refractivity contribution < 1.29 is 17.9 Å². The molecule has 1 aromatic rings. The first-order valence-electron chi connectivity index (χ1n) is 8.12. The van der Waals surface area contributed by atoms with Crippen LogP contribution in [0.2, 0.25) is 0 Å². The van der Waals surface area contributed by atoms with E-state index >= 15 is 0 Å². The number of nitrogens with zero attached hydrogens (tertiary/aromatic N) is 1. The lowest BCUT2D eigenvalue weighted by atomic mass is 10.1. The van der Waals surface area contributed by atoms with Crippen molar-refractivity contribution in [1.82, 2.24) is 10.6 Å². The van der Waals surface area contributed by atoms with Gasteiger partial charge < -0.3 is 15.4 Å². The Kier molecular flexibility index (Phi) is 11.8. The topological polar surface area (TPSA) is 45.7 Å². The molecule has 4 nitrogen and oxygen atoms in total. The van der Waals surface area contributed by atoms with Crippen LogP contribution >= 0.6 is 24.0 Å². The highest BCUT2D eigenvalue weighted by atomic mass is 127. The second-order valence-electron chi connectivity index (χ2n) is 5.59. The molecule has 8 heteroatoms. The number of hydrogen-bond donors (Lipinski definition) is 2. The molecule has 0 spiro atoms. The van der Waals surface area contributed by atoms with Gasteiger partial charge >= 0.3 is 6.18 Å². The van der Waals surface area contributed by atoms with Crippen LogP contribution in [0, 0.1) is 0 Å². The number of benzene rings is 1. The predicted molar refractivity (Wildman–Crippen MR) is 105 cm³/mol. The van der Waals surface area contributed by atoms with Crippen molar-refractivity contribution in [1.29, 1.82) is 0 Å². The molecule has 1 rings (SSSR count). The Labute approximate surface area is 164 Å². The Morgan fingerprint density at radius 3 is 2.56 bits per heavy atom. The van der Waals surface area contributed by atoms with E-state index in [9.17, 15) is 13.2 Å². The van der Waals surface area contributed by atoms with Gasteiger partial charge in [-0.05, 0) is 44.9 Å². The van der Waals surface area contributed by atoms with E-state index in [0.29, 0.717) is 31.2 Å². The predicted octanol–water partition coefficient (Wildman–Crippen LogP) is 4.19. The minimum atomic E-state index is -4.33. The average Bonchev–Trinajstić information content (AvgIpc) is 2.51. The van der Waals surface area contributed by atoms with Gasteiger partial charge in [0.2, 0.25) is 0 Å². The normalized spacial score (nSPS) is 12.0. The van der Waals surface area contributed by atoms with Crippen molar-refractivity contribution in [3.05, 3.63) is 35.4 Å². The van der Waals surface area contributed by atoms with Crippen LogP contribution in [0.4, 0.5) is 13.2 Å². The first kappa shape index (κ1) is 24.0. The van der Waals surface area contributed by atoms with Gasteiger partial charge in [-0.15, -0.1) is 24.0 Å². The van der Waals surface area contributed by atoms with Crippen molar-refractivity contribution in [3.8, 4) is 0 Å². The van der Waals surface area contributed by atoms with Gasteiger partial charge in [0.05, 0.1) is 18.2 Å². The van der Waals surface area contributed by atoms with Crippen molar-refractivity contribution in [3.63, 3.8) is 0 Å². The fraction of sp³-hybridized carbons (Fsp3) is 0.588. The van der Waals surface area contributed by atoms with E-state index in [-0.39, 0.29) is 36.6 Å². The summed E-state index contributed by atoms with van der Waals surface area (Å²) in [6.45, 7) is 8.09. The van der Waals surface area contributed by atoms with E-state index in [0.717, 1.165) is 18.6 Å². The van der Waals surface area contributed by atoms with Crippen LogP contribution in [0.1, 0.15) is 38.3 Å². The third-order valence-electron chi connectivity index (χ3n) is 3.08. The summed E-state index contributed by atoms with van der Waals surface area (Å²) in [5.41, 5.74) is -0.135. The molecule has 0 aromatic heterocycles. The van der Waals surface area contributed by atoms with Crippen LogP contribution < -0.4 is 10.6 Å². The minimum absolute atomic E-state index is 0. The van der Waals surface area contributed by atoms with Crippen molar-refractivity contribution in [2.45, 2.75) is 46.0 Å². The zero-order chi connectivity index (χ0) is 18.0. The summed E-state index contributed by atoms with van der Waals surface area (Å²) < 4.78 is 43.6. The molecular weight excluding hydrogens is 446 g/mol. The summed E-state index contributed by atoms with van der Waals surface area (Å²) in [5.74, 6) is 0.583. The number of halogens is 4. The minimum Gasteiger partial charge on any atom is -0.379 e. The summed E-state index contributed by atoms with van der Waals surface area (Å²) in [6.07, 6.45) is -3.31. The Bertz CT molecular complexity index is 522. The molecular formula is C17H27F3IN3O. The molecule has 0 aliphatic carbocycles. The Morgan fingerprint density at radius 1 is 1.24 bits per heavy atom. The zero-order valence-electron chi connectivity index (χ0n) is 14.8. The van der Waals surface area contributed by atoms with Gasteiger partial charge in [0.1, 0.15) is 0 Å². The Balaban J connectivity index is 0.00000576. The maximum atomic E-state index is 12.7. The van der Waals surface area contributed by atoms with E-state index in [1.54, 1.807) is 6.07 Å². The zero-order valence-corrected chi connectivity index (χ0v) is 17.2. The first-order valence-corrected chi connectivity index (χ1v) is 8.12. The average molecular weight is 473 g/mol. The van der Waals surface area contributed by atoms with Gasteiger partial charge in [-0.25, -0.2) is 4.99 Å². The largest absolute Gasteiger partial charge is 0.416 e. The second kappa shape index (κ2) is 12.3. The molecule has 0 saturated heterocycles. The van der Waals surface area contributed by atoms with Crippen molar-refractivity contribution >= 4 is 29.9 Å². The molecule has 0 unspecified atom stereocenters. The molecule has 0 heterocycles. The molecule has 0 amide bonds. The van der Waals surface area contributed by atoms with E-state index in [1.807, 2.05) is 20.8 Å². The smallest absolute Gasteiger partial charge is 0.379 e. The van der Waals surface area contributed by atoms with E-state index in [4.69, 9.17) is 4.74 Å². The monoisotopic (exact) mass is 473 g/mol. The number of ether oxygens (including phenoxy) is 1. The lowest BCUT2D eigenvalue weighted by Crippen LogP contribution is -2.38. The maximum Gasteiger partial charge on any atom is 0.416 e. The van der Waals surface area contributed by atoms with Crippen molar-refractivity contribution in [2.24, 2.45) is 4.99 Å². The molecule has 1 aromatic carbocycles. The van der Waals surface area contributed by atoms with Gasteiger partial charge in [-0.1, -0.05) is 12.1 Å². The molecule has 0 radical (unpaired) electrons. The van der Waals surface area contributed by atoms with Crippen LogP contribution in [0.3, 0.4) is 0 Å². The van der Waals surface area contributed by atoms with Crippen LogP contribution in [-0.2, 0) is 17.5 Å². The molecule has 2 N–H and O–H groups in total. The number of guanidine groups is 1. The van der Waals surface area contributed by atoms with E-state index in [1.165, 1.54) is 6.07 Å². The number of rotatable bonds is 8. The Hall–Kier alpha value is -1.03. The van der Waals surface area contributed by atoms with Gasteiger partial charge in [0.25, 0.3) is 0 Å². The highest BCUT2D eigenvalue weighted by Crippen LogP contribution is 2.29. The lowest BCUT2D eigenvalue weighted by molar-refractivity contribution is -0.137. The summed E-state index contributed by atoms with van der Waals surface area (Å²) in [4.78, 5) is 4.33. The van der Waals surface area contributed by atoms with Crippen molar-refractivity contribution in [2.75, 3.05) is 19.7 Å². The molecule has 144 valence electrons. The van der Waals surface area contributed by atoms with E-state index < -0.39 is 11.7 Å². The summed E-state index contributed by atoms with van der Waals surface area (Å²) in [5, 5.41) is 6.22. The molecule has 0 aliphatic rings. The van der Waals surface area contributed by atoms with Gasteiger partial charge in [-0.3, -0.25) is 0 Å². The number of hydrogen-bond acceptors (Lipinski definition) is 2.